The van der Waals surface area contributed by atoms with Crippen LogP contribution in [0.25, 0.3) is 0 Å². The first-order valence-corrected chi connectivity index (χ1v) is 7.21. The van der Waals surface area contributed by atoms with E-state index >= 15 is 0 Å². The van der Waals surface area contributed by atoms with E-state index in [4.69, 9.17) is 5.14 Å². The molecule has 0 saturated heterocycles. The molecule has 1 rings (SSSR count). The van der Waals surface area contributed by atoms with Crippen LogP contribution in [0.1, 0.15) is 0 Å². The number of hydrogen-bond donors (Lipinski definition) is 1. The van der Waals surface area contributed by atoms with E-state index in [-0.39, 0.29) is 5.75 Å². The lowest BCUT2D eigenvalue weighted by Gasteiger charge is -1.99. The van der Waals surface area contributed by atoms with E-state index < -0.39 is 10.0 Å². The molecule has 4 nitrogen and oxygen atoms in total. The number of pyridine rings is 1. The van der Waals surface area contributed by atoms with Crippen molar-refractivity contribution in [2.75, 3.05) is 11.5 Å². The summed E-state index contributed by atoms with van der Waals surface area (Å²) in [4.78, 5) is 4.08. The van der Waals surface area contributed by atoms with Gasteiger partial charge in [0.05, 0.1) is 10.8 Å². The van der Waals surface area contributed by atoms with E-state index in [2.05, 4.69) is 20.9 Å². The standard InChI is InChI=1S/C7H9BrN2O2S2/c8-6-1-2-7(10-5-6)13-3-4-14(9,11)12/h1-2,5H,3-4H2,(H2,9,11,12). The first-order chi connectivity index (χ1) is 6.47. The van der Waals surface area contributed by atoms with Crippen molar-refractivity contribution in [3.63, 3.8) is 0 Å². The molecule has 0 radical (unpaired) electrons. The lowest BCUT2D eigenvalue weighted by molar-refractivity contribution is 0.599. The first-order valence-electron chi connectivity index (χ1n) is 3.72. The van der Waals surface area contributed by atoms with Gasteiger partial charge in [0.2, 0.25) is 10.0 Å². The van der Waals surface area contributed by atoms with Gasteiger partial charge in [0.15, 0.2) is 0 Å². The van der Waals surface area contributed by atoms with Gasteiger partial charge in [-0.2, -0.15) is 0 Å². The van der Waals surface area contributed by atoms with Gasteiger partial charge in [0.1, 0.15) is 0 Å². The quantitative estimate of drug-likeness (QED) is 0.848. The Morgan fingerprint density at radius 1 is 1.50 bits per heavy atom. The maximum atomic E-state index is 10.6. The van der Waals surface area contributed by atoms with Crippen LogP contribution in [0, 0.1) is 0 Å². The van der Waals surface area contributed by atoms with Crippen LogP contribution in [-0.4, -0.2) is 24.9 Å². The molecule has 0 aliphatic rings. The highest BCUT2D eigenvalue weighted by Crippen LogP contribution is 2.17. The molecule has 7 heteroatoms. The first kappa shape index (κ1) is 12.0. The molecular formula is C7H9BrN2O2S2. The van der Waals surface area contributed by atoms with Crippen molar-refractivity contribution >= 4 is 37.7 Å². The predicted octanol–water partition coefficient (Wildman–Crippen LogP) is 1.22. The molecule has 1 aromatic rings. The number of rotatable bonds is 4. The summed E-state index contributed by atoms with van der Waals surface area (Å²) in [6.07, 6.45) is 1.67. The fraction of sp³-hybridized carbons (Fsp3) is 0.286. The molecule has 0 unspecified atom stereocenters. The van der Waals surface area contributed by atoms with Crippen molar-refractivity contribution in [2.24, 2.45) is 5.14 Å². The molecule has 0 bridgehead atoms. The molecule has 2 N–H and O–H groups in total. The van der Waals surface area contributed by atoms with Gasteiger partial charge in [-0.1, -0.05) is 0 Å². The third-order valence-corrected chi connectivity index (χ3v) is 3.76. The van der Waals surface area contributed by atoms with E-state index in [1.54, 1.807) is 6.20 Å². The minimum atomic E-state index is -3.36. The van der Waals surface area contributed by atoms with Crippen molar-refractivity contribution in [2.45, 2.75) is 5.03 Å². The molecule has 0 amide bonds. The molecule has 0 saturated carbocycles. The normalized spacial score (nSPS) is 11.6. The molecule has 0 spiro atoms. The number of nitrogens with two attached hydrogens (primary N) is 1. The second kappa shape index (κ2) is 5.11. The summed E-state index contributed by atoms with van der Waals surface area (Å²) < 4.78 is 22.1. The summed E-state index contributed by atoms with van der Waals surface area (Å²) in [7, 11) is -3.36. The number of sulfonamides is 1. The zero-order valence-electron chi connectivity index (χ0n) is 7.18. The Bertz CT molecular complexity index is 391. The third kappa shape index (κ3) is 4.94. The van der Waals surface area contributed by atoms with Crippen LogP contribution in [0.2, 0.25) is 0 Å². The van der Waals surface area contributed by atoms with Gasteiger partial charge in [0.25, 0.3) is 0 Å². The summed E-state index contributed by atoms with van der Waals surface area (Å²) in [5.74, 6) is 0.392. The van der Waals surface area contributed by atoms with Crippen LogP contribution >= 0.6 is 27.7 Å². The number of halogens is 1. The summed E-state index contributed by atoms with van der Waals surface area (Å²) >= 11 is 4.62. The minimum Gasteiger partial charge on any atom is -0.249 e. The summed E-state index contributed by atoms with van der Waals surface area (Å²) in [6, 6.07) is 3.67. The number of primary sulfonamides is 1. The molecule has 14 heavy (non-hydrogen) atoms. The molecular weight excluding hydrogens is 288 g/mol. The average Bonchev–Trinajstić information content (AvgIpc) is 2.06. The molecule has 1 heterocycles. The van der Waals surface area contributed by atoms with E-state index in [9.17, 15) is 8.42 Å². The summed E-state index contributed by atoms with van der Waals surface area (Å²) in [6.45, 7) is 0. The van der Waals surface area contributed by atoms with Gasteiger partial charge < -0.3 is 0 Å². The van der Waals surface area contributed by atoms with Crippen molar-refractivity contribution < 1.29 is 8.42 Å². The van der Waals surface area contributed by atoms with E-state index in [0.717, 1.165) is 9.50 Å². The van der Waals surface area contributed by atoms with Gasteiger partial charge in [-0.15, -0.1) is 11.8 Å². The van der Waals surface area contributed by atoms with Crippen molar-refractivity contribution in [3.8, 4) is 0 Å². The van der Waals surface area contributed by atoms with Crippen molar-refractivity contribution in [1.29, 1.82) is 0 Å². The van der Waals surface area contributed by atoms with Gasteiger partial charge >= 0.3 is 0 Å². The van der Waals surface area contributed by atoms with E-state index in [0.29, 0.717) is 5.75 Å². The molecule has 1 aromatic heterocycles. The van der Waals surface area contributed by atoms with Crippen LogP contribution < -0.4 is 5.14 Å². The Kier molecular flexibility index (Phi) is 4.36. The molecule has 0 atom stereocenters. The molecule has 0 aliphatic heterocycles. The van der Waals surface area contributed by atoms with Crippen LogP contribution in [0.4, 0.5) is 0 Å². The SMILES string of the molecule is NS(=O)(=O)CCSc1ccc(Br)cn1. The summed E-state index contributed by atoms with van der Waals surface area (Å²) in [5, 5.41) is 5.64. The zero-order chi connectivity index (χ0) is 10.6. The Morgan fingerprint density at radius 2 is 2.21 bits per heavy atom. The second-order valence-corrected chi connectivity index (χ2v) is 6.29. The van der Waals surface area contributed by atoms with Gasteiger partial charge in [-0.25, -0.2) is 18.5 Å². The molecule has 0 aromatic carbocycles. The van der Waals surface area contributed by atoms with Crippen molar-refractivity contribution in [3.05, 3.63) is 22.8 Å². The molecule has 0 fully saturated rings. The monoisotopic (exact) mass is 296 g/mol. The summed E-state index contributed by atoms with van der Waals surface area (Å²) in [5.41, 5.74) is 0. The molecule has 0 aliphatic carbocycles. The lowest BCUT2D eigenvalue weighted by Crippen LogP contribution is -2.17. The van der Waals surface area contributed by atoms with Gasteiger partial charge in [-0.05, 0) is 28.1 Å². The van der Waals surface area contributed by atoms with Crippen LogP contribution in [-0.2, 0) is 10.0 Å². The van der Waals surface area contributed by atoms with E-state index in [1.807, 2.05) is 12.1 Å². The third-order valence-electron chi connectivity index (χ3n) is 1.32. The lowest BCUT2D eigenvalue weighted by atomic mass is 10.5. The van der Waals surface area contributed by atoms with Crippen LogP contribution in [0.3, 0.4) is 0 Å². The molecule has 78 valence electrons. The minimum absolute atomic E-state index is 0.0323. The van der Waals surface area contributed by atoms with Gasteiger partial charge in [0, 0.05) is 16.4 Å². The number of aromatic nitrogens is 1. The predicted molar refractivity (Wildman–Crippen MR) is 60.6 cm³/mol. The Morgan fingerprint density at radius 3 is 2.71 bits per heavy atom. The Labute approximate surface area is 95.5 Å². The topological polar surface area (TPSA) is 73.1 Å². The van der Waals surface area contributed by atoms with Crippen LogP contribution in [0.15, 0.2) is 27.8 Å². The number of nitrogens with zero attached hydrogens (tertiary/aromatic N) is 1. The average molecular weight is 297 g/mol. The number of thioether (sulfide) groups is 1. The fourth-order valence-corrected chi connectivity index (χ4v) is 2.71. The van der Waals surface area contributed by atoms with E-state index in [1.165, 1.54) is 11.8 Å². The smallest absolute Gasteiger partial charge is 0.209 e. The maximum absolute atomic E-state index is 10.6. The highest BCUT2D eigenvalue weighted by Gasteiger charge is 2.03. The second-order valence-electron chi connectivity index (χ2n) is 2.53. The number of hydrogen-bond acceptors (Lipinski definition) is 4. The van der Waals surface area contributed by atoms with Crippen molar-refractivity contribution in [1.82, 2.24) is 4.98 Å². The Balaban J connectivity index is 2.43. The van der Waals surface area contributed by atoms with Gasteiger partial charge in [-0.3, -0.25) is 0 Å². The van der Waals surface area contributed by atoms with Crippen LogP contribution in [0.5, 0.6) is 0 Å². The highest BCUT2D eigenvalue weighted by molar-refractivity contribution is 9.10. The maximum Gasteiger partial charge on any atom is 0.209 e. The zero-order valence-corrected chi connectivity index (χ0v) is 10.4. The largest absolute Gasteiger partial charge is 0.249 e. The highest BCUT2D eigenvalue weighted by atomic mass is 79.9. The Hall–Kier alpha value is -0.110. The fourth-order valence-electron chi connectivity index (χ4n) is 0.710.